The van der Waals surface area contributed by atoms with Crippen LogP contribution in [0.5, 0.6) is 11.5 Å². The second-order valence-electron chi connectivity index (χ2n) is 6.77. The normalized spacial score (nSPS) is 15.3. The van der Waals surface area contributed by atoms with Gasteiger partial charge in [-0.1, -0.05) is 30.3 Å². The van der Waals surface area contributed by atoms with Crippen LogP contribution in [0.25, 0.3) is 0 Å². The van der Waals surface area contributed by atoms with Crippen LogP contribution in [0.3, 0.4) is 0 Å². The molecule has 1 heterocycles. The lowest BCUT2D eigenvalue weighted by Gasteiger charge is -2.34. The first-order valence-corrected chi connectivity index (χ1v) is 9.89. The third kappa shape index (κ3) is 6.34. The van der Waals surface area contributed by atoms with Gasteiger partial charge >= 0.3 is 0 Å². The minimum absolute atomic E-state index is 0.0214. The number of hydrogen-bond donors (Lipinski definition) is 1. The molecular formula is C22H29N3O3. The Bertz CT molecular complexity index is 731. The van der Waals surface area contributed by atoms with Crippen molar-refractivity contribution in [2.24, 2.45) is 0 Å². The monoisotopic (exact) mass is 383 g/mol. The molecule has 6 heteroatoms. The van der Waals surface area contributed by atoms with Gasteiger partial charge in [-0.3, -0.25) is 14.6 Å². The Labute approximate surface area is 167 Å². The topological polar surface area (TPSA) is 54.0 Å². The maximum absolute atomic E-state index is 12.5. The van der Waals surface area contributed by atoms with Gasteiger partial charge in [0.1, 0.15) is 5.75 Å². The van der Waals surface area contributed by atoms with Gasteiger partial charge in [-0.15, -0.1) is 0 Å². The van der Waals surface area contributed by atoms with E-state index in [0.717, 1.165) is 51.7 Å². The maximum atomic E-state index is 12.5. The van der Waals surface area contributed by atoms with Crippen molar-refractivity contribution in [3.63, 3.8) is 0 Å². The Kier molecular flexibility index (Phi) is 7.84. The lowest BCUT2D eigenvalue weighted by atomic mass is 10.2. The van der Waals surface area contributed by atoms with Gasteiger partial charge in [-0.05, 0) is 31.2 Å². The molecule has 3 rings (SSSR count). The number of nitrogens with one attached hydrogen (secondary N) is 1. The van der Waals surface area contributed by atoms with Crippen molar-refractivity contribution in [3.05, 3.63) is 54.6 Å². The van der Waals surface area contributed by atoms with Crippen molar-refractivity contribution in [3.8, 4) is 11.5 Å². The number of piperazine rings is 1. The number of rotatable bonds is 9. The van der Waals surface area contributed by atoms with Gasteiger partial charge in [0.2, 0.25) is 5.91 Å². The van der Waals surface area contributed by atoms with E-state index >= 15 is 0 Å². The molecular weight excluding hydrogens is 354 g/mol. The van der Waals surface area contributed by atoms with E-state index < -0.39 is 0 Å². The summed E-state index contributed by atoms with van der Waals surface area (Å²) in [6.45, 7) is 8.60. The molecule has 150 valence electrons. The fraction of sp³-hybridized carbons (Fsp3) is 0.409. The second kappa shape index (κ2) is 10.8. The van der Waals surface area contributed by atoms with E-state index in [1.165, 1.54) is 0 Å². The van der Waals surface area contributed by atoms with E-state index in [2.05, 4.69) is 15.1 Å². The quantitative estimate of drug-likeness (QED) is 0.675. The highest BCUT2D eigenvalue weighted by atomic mass is 16.5. The number of hydrogen-bond acceptors (Lipinski definition) is 5. The zero-order valence-corrected chi connectivity index (χ0v) is 16.5. The second-order valence-corrected chi connectivity index (χ2v) is 6.77. The van der Waals surface area contributed by atoms with Crippen LogP contribution in [0.1, 0.15) is 6.92 Å². The molecule has 2 aromatic carbocycles. The van der Waals surface area contributed by atoms with E-state index in [1.54, 1.807) is 0 Å². The fourth-order valence-corrected chi connectivity index (χ4v) is 3.18. The summed E-state index contributed by atoms with van der Waals surface area (Å²) in [5.41, 5.74) is 0.687. The summed E-state index contributed by atoms with van der Waals surface area (Å²) in [4.78, 5) is 17.1. The van der Waals surface area contributed by atoms with Crippen molar-refractivity contribution in [1.29, 1.82) is 0 Å². The molecule has 0 aromatic heterocycles. The number of ether oxygens (including phenoxy) is 2. The molecule has 0 atom stereocenters. The molecule has 1 amide bonds. The van der Waals surface area contributed by atoms with Crippen LogP contribution in [0, 0.1) is 0 Å². The van der Waals surface area contributed by atoms with Crippen molar-refractivity contribution >= 4 is 11.6 Å². The van der Waals surface area contributed by atoms with Crippen LogP contribution >= 0.6 is 0 Å². The first-order valence-electron chi connectivity index (χ1n) is 9.89. The molecule has 0 spiro atoms. The summed E-state index contributed by atoms with van der Waals surface area (Å²) < 4.78 is 11.3. The lowest BCUT2D eigenvalue weighted by Crippen LogP contribution is -2.49. The van der Waals surface area contributed by atoms with E-state index in [0.29, 0.717) is 18.0 Å². The van der Waals surface area contributed by atoms with Crippen molar-refractivity contribution in [2.75, 3.05) is 57.8 Å². The minimum atomic E-state index is -0.0214. The van der Waals surface area contributed by atoms with Gasteiger partial charge in [-0.25, -0.2) is 0 Å². The highest BCUT2D eigenvalue weighted by Gasteiger charge is 2.19. The van der Waals surface area contributed by atoms with Crippen LogP contribution < -0.4 is 10.1 Å². The summed E-state index contributed by atoms with van der Waals surface area (Å²) in [6.07, 6.45) is 0. The molecule has 0 radical (unpaired) electrons. The van der Waals surface area contributed by atoms with Crippen LogP contribution in [-0.4, -0.2) is 68.2 Å². The number of carbonyl (C=O) groups is 1. The predicted molar refractivity (Wildman–Crippen MR) is 111 cm³/mol. The van der Waals surface area contributed by atoms with Crippen molar-refractivity contribution < 1.29 is 14.3 Å². The number of nitrogens with zero attached hydrogens (tertiary/aromatic N) is 2. The Morgan fingerprint density at radius 3 is 2.39 bits per heavy atom. The molecule has 0 saturated carbocycles. The van der Waals surface area contributed by atoms with Crippen molar-refractivity contribution in [1.82, 2.24) is 9.80 Å². The minimum Gasteiger partial charge on any atom is -0.455 e. The summed E-state index contributed by atoms with van der Waals surface area (Å²) in [5, 5.41) is 2.99. The largest absolute Gasteiger partial charge is 0.455 e. The summed E-state index contributed by atoms with van der Waals surface area (Å²) in [5.74, 6) is 1.36. The molecule has 1 fully saturated rings. The third-order valence-corrected chi connectivity index (χ3v) is 4.72. The van der Waals surface area contributed by atoms with E-state index in [-0.39, 0.29) is 5.91 Å². The van der Waals surface area contributed by atoms with E-state index in [9.17, 15) is 4.79 Å². The van der Waals surface area contributed by atoms with Crippen molar-refractivity contribution in [2.45, 2.75) is 6.92 Å². The van der Waals surface area contributed by atoms with E-state index in [4.69, 9.17) is 9.47 Å². The van der Waals surface area contributed by atoms with Gasteiger partial charge in [-0.2, -0.15) is 0 Å². The number of para-hydroxylation sites is 3. The van der Waals surface area contributed by atoms with Gasteiger partial charge < -0.3 is 14.8 Å². The molecule has 1 N–H and O–H groups in total. The Hall–Kier alpha value is -2.41. The zero-order chi connectivity index (χ0) is 19.6. The number of carbonyl (C=O) groups excluding carboxylic acids is 1. The molecule has 28 heavy (non-hydrogen) atoms. The van der Waals surface area contributed by atoms with Gasteiger partial charge in [0, 0.05) is 39.3 Å². The van der Waals surface area contributed by atoms with E-state index in [1.807, 2.05) is 61.5 Å². The SMILES string of the molecule is CCOCCN1CCN(CC(=O)Nc2ccccc2Oc2ccccc2)CC1. The van der Waals surface area contributed by atoms with Crippen LogP contribution in [0.2, 0.25) is 0 Å². The molecule has 0 unspecified atom stereocenters. The summed E-state index contributed by atoms with van der Waals surface area (Å²) in [6, 6.07) is 17.1. The Morgan fingerprint density at radius 2 is 1.64 bits per heavy atom. The molecule has 0 bridgehead atoms. The predicted octanol–water partition coefficient (Wildman–Crippen LogP) is 3.07. The number of benzene rings is 2. The zero-order valence-electron chi connectivity index (χ0n) is 16.5. The fourth-order valence-electron chi connectivity index (χ4n) is 3.18. The Morgan fingerprint density at radius 1 is 0.964 bits per heavy atom. The maximum Gasteiger partial charge on any atom is 0.238 e. The van der Waals surface area contributed by atoms with Crippen LogP contribution in [0.4, 0.5) is 5.69 Å². The first kappa shape index (κ1) is 20.3. The molecule has 6 nitrogen and oxygen atoms in total. The molecule has 2 aromatic rings. The average molecular weight is 383 g/mol. The summed E-state index contributed by atoms with van der Waals surface area (Å²) in [7, 11) is 0. The number of amides is 1. The first-order chi connectivity index (χ1) is 13.7. The van der Waals surface area contributed by atoms with Crippen LogP contribution in [0.15, 0.2) is 54.6 Å². The highest BCUT2D eigenvalue weighted by Crippen LogP contribution is 2.29. The summed E-state index contributed by atoms with van der Waals surface area (Å²) >= 11 is 0. The lowest BCUT2D eigenvalue weighted by molar-refractivity contribution is -0.117. The average Bonchev–Trinajstić information content (AvgIpc) is 2.72. The highest BCUT2D eigenvalue weighted by molar-refractivity contribution is 5.93. The standard InChI is InChI=1S/C22H29N3O3/c1-2-27-17-16-24-12-14-25(15-13-24)18-22(26)23-20-10-6-7-11-21(20)28-19-8-4-3-5-9-19/h3-11H,2,12-18H2,1H3,(H,23,26). The molecule has 1 aliphatic rings. The van der Waals surface area contributed by atoms with Gasteiger partial charge in [0.15, 0.2) is 5.75 Å². The number of anilines is 1. The van der Waals surface area contributed by atoms with Crippen LogP contribution in [-0.2, 0) is 9.53 Å². The van der Waals surface area contributed by atoms with Gasteiger partial charge in [0.05, 0.1) is 18.8 Å². The Balaban J connectivity index is 1.48. The third-order valence-electron chi connectivity index (χ3n) is 4.72. The smallest absolute Gasteiger partial charge is 0.238 e. The molecule has 0 aliphatic carbocycles. The molecule has 1 saturated heterocycles. The van der Waals surface area contributed by atoms with Gasteiger partial charge in [0.25, 0.3) is 0 Å². The molecule has 1 aliphatic heterocycles.